The van der Waals surface area contributed by atoms with Gasteiger partial charge in [0.1, 0.15) is 11.5 Å². The van der Waals surface area contributed by atoms with E-state index in [-0.39, 0.29) is 0 Å². The fourth-order valence-corrected chi connectivity index (χ4v) is 3.29. The van der Waals surface area contributed by atoms with E-state index in [0.29, 0.717) is 0 Å². The lowest BCUT2D eigenvalue weighted by Crippen LogP contribution is -2.18. The van der Waals surface area contributed by atoms with Crippen LogP contribution in [0.5, 0.6) is 11.5 Å². The van der Waals surface area contributed by atoms with Crippen LogP contribution in [0.4, 0.5) is 5.69 Å². The zero-order valence-electron chi connectivity index (χ0n) is 11.6. The Morgan fingerprint density at radius 1 is 1.05 bits per heavy atom. The highest BCUT2D eigenvalue weighted by atomic mass is 16.5. The maximum absolute atomic E-state index is 5.29. The number of ether oxygens (including phenoxy) is 2. The standard InChI is InChI=1S/C16H21NO2/c1-18-15-7-14(8-16(9-15)19-2)17-10-13-6-11-3-4-12(13)5-11/h3-4,7-9,11-13,17H,5-6,10H2,1-2H3. The number of anilines is 1. The maximum atomic E-state index is 5.29. The molecule has 2 aliphatic carbocycles. The molecule has 3 nitrogen and oxygen atoms in total. The molecule has 0 aromatic heterocycles. The van der Waals surface area contributed by atoms with Gasteiger partial charge in [-0.2, -0.15) is 0 Å². The molecule has 1 aromatic rings. The quantitative estimate of drug-likeness (QED) is 0.823. The summed E-state index contributed by atoms with van der Waals surface area (Å²) in [6.45, 7) is 1.03. The Balaban J connectivity index is 1.64. The molecule has 3 unspecified atom stereocenters. The van der Waals surface area contributed by atoms with Gasteiger partial charge in [0.05, 0.1) is 14.2 Å². The summed E-state index contributed by atoms with van der Waals surface area (Å²) in [5.41, 5.74) is 1.07. The molecule has 2 bridgehead atoms. The number of benzene rings is 1. The zero-order chi connectivity index (χ0) is 13.2. The number of methoxy groups -OCH3 is 2. The van der Waals surface area contributed by atoms with E-state index in [9.17, 15) is 0 Å². The molecule has 0 heterocycles. The van der Waals surface area contributed by atoms with Crippen molar-refractivity contribution in [1.29, 1.82) is 0 Å². The summed E-state index contributed by atoms with van der Waals surface area (Å²) in [4.78, 5) is 0. The highest BCUT2D eigenvalue weighted by Gasteiger charge is 2.35. The summed E-state index contributed by atoms with van der Waals surface area (Å²) in [5.74, 6) is 4.04. The van der Waals surface area contributed by atoms with Gasteiger partial charge in [0.25, 0.3) is 0 Å². The highest BCUT2D eigenvalue weighted by molar-refractivity contribution is 5.53. The average molecular weight is 259 g/mol. The summed E-state index contributed by atoms with van der Waals surface area (Å²) in [6, 6.07) is 5.93. The van der Waals surface area contributed by atoms with Gasteiger partial charge in [-0.1, -0.05) is 12.2 Å². The molecular formula is C16H21NO2. The van der Waals surface area contributed by atoms with Crippen LogP contribution in [0.2, 0.25) is 0 Å². The molecule has 19 heavy (non-hydrogen) atoms. The fourth-order valence-electron chi connectivity index (χ4n) is 3.29. The van der Waals surface area contributed by atoms with Gasteiger partial charge in [-0.25, -0.2) is 0 Å². The average Bonchev–Trinajstić information content (AvgIpc) is 3.07. The number of rotatable bonds is 5. The van der Waals surface area contributed by atoms with Gasteiger partial charge in [-0.15, -0.1) is 0 Å². The van der Waals surface area contributed by atoms with Crippen LogP contribution in [-0.4, -0.2) is 20.8 Å². The minimum absolute atomic E-state index is 0.771. The summed E-state index contributed by atoms with van der Waals surface area (Å²) in [6.07, 6.45) is 7.46. The number of hydrogen-bond acceptors (Lipinski definition) is 3. The summed E-state index contributed by atoms with van der Waals surface area (Å²) in [7, 11) is 3.36. The molecule has 3 rings (SSSR count). The van der Waals surface area contributed by atoms with E-state index in [4.69, 9.17) is 9.47 Å². The first-order chi connectivity index (χ1) is 9.28. The minimum Gasteiger partial charge on any atom is -0.497 e. The van der Waals surface area contributed by atoms with Gasteiger partial charge in [-0.05, 0) is 30.6 Å². The number of hydrogen-bond donors (Lipinski definition) is 1. The van der Waals surface area contributed by atoms with E-state index >= 15 is 0 Å². The van der Waals surface area contributed by atoms with E-state index < -0.39 is 0 Å². The molecule has 0 amide bonds. The van der Waals surface area contributed by atoms with E-state index in [1.54, 1.807) is 14.2 Å². The summed E-state index contributed by atoms with van der Waals surface area (Å²) >= 11 is 0. The van der Waals surface area contributed by atoms with Crippen molar-refractivity contribution in [3.8, 4) is 11.5 Å². The lowest BCUT2D eigenvalue weighted by molar-refractivity contribution is 0.394. The van der Waals surface area contributed by atoms with Crippen LogP contribution in [0, 0.1) is 17.8 Å². The fraction of sp³-hybridized carbons (Fsp3) is 0.500. The normalized spacial score (nSPS) is 27.6. The summed E-state index contributed by atoms with van der Waals surface area (Å²) in [5, 5.41) is 3.53. The van der Waals surface area contributed by atoms with Gasteiger partial charge in [0, 0.05) is 30.4 Å². The third kappa shape index (κ3) is 2.55. The third-order valence-electron chi connectivity index (χ3n) is 4.34. The minimum atomic E-state index is 0.771. The predicted octanol–water partition coefficient (Wildman–Crippen LogP) is 3.33. The van der Waals surface area contributed by atoms with Crippen molar-refractivity contribution in [2.45, 2.75) is 12.8 Å². The van der Waals surface area contributed by atoms with Gasteiger partial charge in [0.2, 0.25) is 0 Å². The van der Waals surface area contributed by atoms with Crippen LogP contribution < -0.4 is 14.8 Å². The molecule has 0 saturated heterocycles. The van der Waals surface area contributed by atoms with E-state index in [1.807, 2.05) is 18.2 Å². The van der Waals surface area contributed by atoms with Crippen LogP contribution in [-0.2, 0) is 0 Å². The first-order valence-electron chi connectivity index (χ1n) is 6.93. The molecule has 3 atom stereocenters. The Morgan fingerprint density at radius 3 is 2.32 bits per heavy atom. The molecule has 3 heteroatoms. The van der Waals surface area contributed by atoms with Crippen LogP contribution >= 0.6 is 0 Å². The van der Waals surface area contributed by atoms with Crippen molar-refractivity contribution in [3.05, 3.63) is 30.4 Å². The van der Waals surface area contributed by atoms with Gasteiger partial charge < -0.3 is 14.8 Å². The maximum Gasteiger partial charge on any atom is 0.124 e. The molecule has 0 aliphatic heterocycles. The molecular weight excluding hydrogens is 238 g/mol. The zero-order valence-corrected chi connectivity index (χ0v) is 11.6. The Labute approximate surface area is 114 Å². The molecule has 102 valence electrons. The Bertz CT molecular complexity index is 461. The molecule has 1 saturated carbocycles. The van der Waals surface area contributed by atoms with Gasteiger partial charge in [0.15, 0.2) is 0 Å². The van der Waals surface area contributed by atoms with Crippen molar-refractivity contribution in [2.75, 3.05) is 26.1 Å². The van der Waals surface area contributed by atoms with E-state index in [2.05, 4.69) is 17.5 Å². The third-order valence-corrected chi connectivity index (χ3v) is 4.34. The van der Waals surface area contributed by atoms with Crippen molar-refractivity contribution >= 4 is 5.69 Å². The van der Waals surface area contributed by atoms with Crippen LogP contribution in [0.25, 0.3) is 0 Å². The van der Waals surface area contributed by atoms with Gasteiger partial charge >= 0.3 is 0 Å². The van der Waals surface area contributed by atoms with Crippen molar-refractivity contribution < 1.29 is 9.47 Å². The monoisotopic (exact) mass is 259 g/mol. The van der Waals surface area contributed by atoms with Crippen molar-refractivity contribution in [3.63, 3.8) is 0 Å². The van der Waals surface area contributed by atoms with Crippen molar-refractivity contribution in [2.24, 2.45) is 17.8 Å². The van der Waals surface area contributed by atoms with Gasteiger partial charge in [-0.3, -0.25) is 0 Å². The lowest BCUT2D eigenvalue weighted by atomic mass is 9.93. The second-order valence-electron chi connectivity index (χ2n) is 5.52. The number of nitrogens with one attached hydrogen (secondary N) is 1. The predicted molar refractivity (Wildman–Crippen MR) is 76.9 cm³/mol. The highest BCUT2D eigenvalue weighted by Crippen LogP contribution is 2.43. The topological polar surface area (TPSA) is 30.5 Å². The smallest absolute Gasteiger partial charge is 0.124 e. The molecule has 1 fully saturated rings. The largest absolute Gasteiger partial charge is 0.497 e. The van der Waals surface area contributed by atoms with Crippen molar-refractivity contribution in [1.82, 2.24) is 0 Å². The molecule has 1 N–H and O–H groups in total. The number of allylic oxidation sites excluding steroid dienone is 2. The first kappa shape index (κ1) is 12.4. The Hall–Kier alpha value is -1.64. The number of fused-ring (bicyclic) bond motifs is 2. The summed E-state index contributed by atoms with van der Waals surface area (Å²) < 4.78 is 10.6. The molecule has 0 radical (unpaired) electrons. The lowest BCUT2D eigenvalue weighted by Gasteiger charge is -2.19. The molecule has 2 aliphatic rings. The Morgan fingerprint density at radius 2 is 1.79 bits per heavy atom. The first-order valence-corrected chi connectivity index (χ1v) is 6.93. The molecule has 0 spiro atoms. The van der Waals surface area contributed by atoms with Crippen LogP contribution in [0.1, 0.15) is 12.8 Å². The second kappa shape index (κ2) is 5.16. The molecule has 1 aromatic carbocycles. The SMILES string of the molecule is COc1cc(NCC2CC3C=CC2C3)cc(OC)c1. The second-order valence-corrected chi connectivity index (χ2v) is 5.52. The Kier molecular flexibility index (Phi) is 3.36. The van der Waals surface area contributed by atoms with Crippen LogP contribution in [0.15, 0.2) is 30.4 Å². The van der Waals surface area contributed by atoms with E-state index in [1.165, 1.54) is 12.8 Å². The van der Waals surface area contributed by atoms with E-state index in [0.717, 1.165) is 41.5 Å². The van der Waals surface area contributed by atoms with Crippen LogP contribution in [0.3, 0.4) is 0 Å².